The van der Waals surface area contributed by atoms with Crippen molar-refractivity contribution in [1.29, 1.82) is 0 Å². The maximum absolute atomic E-state index is 10.5. The van der Waals surface area contributed by atoms with E-state index >= 15 is 0 Å². The molecule has 3 N–H and O–H groups in total. The lowest BCUT2D eigenvalue weighted by atomic mass is 10.1. The molecule has 0 saturated carbocycles. The van der Waals surface area contributed by atoms with E-state index in [-0.39, 0.29) is 12.6 Å². The topological polar surface area (TPSA) is 78.8 Å². The molecule has 0 spiro atoms. The van der Waals surface area contributed by atoms with Crippen LogP contribution in [-0.2, 0) is 11.2 Å². The molecular weight excluding hydrogens is 342 g/mol. The van der Waals surface area contributed by atoms with Gasteiger partial charge in [-0.1, -0.05) is 35.9 Å². The molecule has 0 fully saturated rings. The maximum atomic E-state index is 10.5. The van der Waals surface area contributed by atoms with Gasteiger partial charge in [-0.25, -0.2) is 4.79 Å². The van der Waals surface area contributed by atoms with Gasteiger partial charge in [-0.05, 0) is 48.7 Å². The summed E-state index contributed by atoms with van der Waals surface area (Å²) in [5.41, 5.74) is 1.88. The summed E-state index contributed by atoms with van der Waals surface area (Å²) in [7, 11) is 0. The Morgan fingerprint density at radius 1 is 1.24 bits per heavy atom. The number of carboxylic acid groups (broad SMARTS) is 1. The molecule has 5 nitrogen and oxygen atoms in total. The van der Waals surface area contributed by atoms with Crippen molar-refractivity contribution in [2.75, 3.05) is 13.2 Å². The van der Waals surface area contributed by atoms with Gasteiger partial charge >= 0.3 is 5.97 Å². The molecule has 0 aliphatic carbocycles. The SMILES string of the molecule is C[C@@H](Cc1ccc(OCC(=O)O)cc1)NC[C@@H](O)c1cccc(Cl)c1. The number of aliphatic hydroxyl groups is 1. The molecule has 0 aromatic heterocycles. The van der Waals surface area contributed by atoms with E-state index in [9.17, 15) is 9.90 Å². The Balaban J connectivity index is 1.79. The molecule has 0 bridgehead atoms. The van der Waals surface area contributed by atoms with Crippen LogP contribution < -0.4 is 10.1 Å². The number of ether oxygens (including phenoxy) is 1. The number of carboxylic acids is 1. The molecular formula is C19H22ClNO4. The van der Waals surface area contributed by atoms with Gasteiger partial charge < -0.3 is 20.3 Å². The standard InChI is InChI=1S/C19H22ClNO4/c1-13(21-11-18(22)15-3-2-4-16(20)10-15)9-14-5-7-17(8-6-14)25-12-19(23)24/h2-8,10,13,18,21-22H,9,11-12H2,1H3,(H,23,24)/t13-,18+/m0/s1. The number of carbonyl (C=O) groups is 1. The second-order valence-electron chi connectivity index (χ2n) is 5.91. The molecule has 0 saturated heterocycles. The fraction of sp³-hybridized carbons (Fsp3) is 0.316. The van der Waals surface area contributed by atoms with Gasteiger partial charge in [0.2, 0.25) is 0 Å². The van der Waals surface area contributed by atoms with Gasteiger partial charge in [-0.15, -0.1) is 0 Å². The van der Waals surface area contributed by atoms with Crippen molar-refractivity contribution < 1.29 is 19.7 Å². The highest BCUT2D eigenvalue weighted by Crippen LogP contribution is 2.18. The van der Waals surface area contributed by atoms with Crippen molar-refractivity contribution in [3.63, 3.8) is 0 Å². The number of benzene rings is 2. The zero-order chi connectivity index (χ0) is 18.2. The van der Waals surface area contributed by atoms with Gasteiger partial charge in [0.1, 0.15) is 5.75 Å². The Bertz CT molecular complexity index is 690. The van der Waals surface area contributed by atoms with Crippen LogP contribution in [0.1, 0.15) is 24.2 Å². The molecule has 2 rings (SSSR count). The first-order valence-corrected chi connectivity index (χ1v) is 8.42. The minimum atomic E-state index is -1.000. The molecule has 2 aromatic carbocycles. The minimum absolute atomic E-state index is 0.166. The second-order valence-corrected chi connectivity index (χ2v) is 6.35. The largest absolute Gasteiger partial charge is 0.482 e. The fourth-order valence-corrected chi connectivity index (χ4v) is 2.64. The van der Waals surface area contributed by atoms with Gasteiger partial charge in [0.05, 0.1) is 6.10 Å². The normalized spacial score (nSPS) is 13.2. The highest BCUT2D eigenvalue weighted by molar-refractivity contribution is 6.30. The van der Waals surface area contributed by atoms with E-state index in [1.165, 1.54) is 0 Å². The summed E-state index contributed by atoms with van der Waals surface area (Å²) in [4.78, 5) is 10.5. The fourth-order valence-electron chi connectivity index (χ4n) is 2.44. The third kappa shape index (κ3) is 6.74. The van der Waals surface area contributed by atoms with E-state index in [0.717, 1.165) is 17.5 Å². The van der Waals surface area contributed by atoms with Gasteiger partial charge in [-0.2, -0.15) is 0 Å². The number of hydrogen-bond donors (Lipinski definition) is 3. The van der Waals surface area contributed by atoms with Gasteiger partial charge in [0, 0.05) is 17.6 Å². The van der Waals surface area contributed by atoms with E-state index in [0.29, 0.717) is 17.3 Å². The smallest absolute Gasteiger partial charge is 0.341 e. The van der Waals surface area contributed by atoms with Crippen LogP contribution >= 0.6 is 11.6 Å². The van der Waals surface area contributed by atoms with E-state index in [2.05, 4.69) is 5.32 Å². The van der Waals surface area contributed by atoms with E-state index in [4.69, 9.17) is 21.4 Å². The summed E-state index contributed by atoms with van der Waals surface area (Å²) in [5, 5.41) is 22.7. The third-order valence-corrected chi connectivity index (χ3v) is 3.96. The Morgan fingerprint density at radius 3 is 2.60 bits per heavy atom. The lowest BCUT2D eigenvalue weighted by Gasteiger charge is -2.18. The highest BCUT2D eigenvalue weighted by atomic mass is 35.5. The van der Waals surface area contributed by atoms with Crippen LogP contribution in [0.25, 0.3) is 0 Å². The maximum Gasteiger partial charge on any atom is 0.341 e. The Labute approximate surface area is 152 Å². The van der Waals surface area contributed by atoms with Crippen LogP contribution in [0, 0.1) is 0 Å². The van der Waals surface area contributed by atoms with Crippen molar-refractivity contribution >= 4 is 17.6 Å². The van der Waals surface area contributed by atoms with Crippen molar-refractivity contribution in [2.24, 2.45) is 0 Å². The van der Waals surface area contributed by atoms with Crippen molar-refractivity contribution in [1.82, 2.24) is 5.32 Å². The molecule has 0 radical (unpaired) electrons. The molecule has 0 aliphatic heterocycles. The zero-order valence-corrected chi connectivity index (χ0v) is 14.7. The molecule has 134 valence electrons. The van der Waals surface area contributed by atoms with Crippen LogP contribution in [0.15, 0.2) is 48.5 Å². The van der Waals surface area contributed by atoms with E-state index < -0.39 is 12.1 Å². The van der Waals surface area contributed by atoms with E-state index in [1.54, 1.807) is 24.3 Å². The minimum Gasteiger partial charge on any atom is -0.482 e. The lowest BCUT2D eigenvalue weighted by Crippen LogP contribution is -2.32. The molecule has 0 heterocycles. The molecule has 0 amide bonds. The van der Waals surface area contributed by atoms with Crippen LogP contribution in [-0.4, -0.2) is 35.4 Å². The van der Waals surface area contributed by atoms with Gasteiger partial charge in [0.15, 0.2) is 6.61 Å². The molecule has 2 atom stereocenters. The first-order chi connectivity index (χ1) is 11.9. The van der Waals surface area contributed by atoms with Crippen molar-refractivity contribution in [3.8, 4) is 5.75 Å². The predicted octanol–water partition coefficient (Wildman–Crippen LogP) is 3.06. The quantitative estimate of drug-likeness (QED) is 0.638. The molecule has 2 aromatic rings. The lowest BCUT2D eigenvalue weighted by molar-refractivity contribution is -0.139. The van der Waals surface area contributed by atoms with E-state index in [1.807, 2.05) is 31.2 Å². The first kappa shape index (κ1) is 19.2. The van der Waals surface area contributed by atoms with Crippen molar-refractivity contribution in [2.45, 2.75) is 25.5 Å². The second kappa shape index (κ2) is 9.42. The summed E-state index contributed by atoms with van der Waals surface area (Å²) >= 11 is 5.94. The van der Waals surface area contributed by atoms with Crippen LogP contribution in [0.5, 0.6) is 5.75 Å². The number of nitrogens with one attached hydrogen (secondary N) is 1. The Kier molecular flexibility index (Phi) is 7.25. The molecule has 0 unspecified atom stereocenters. The molecule has 25 heavy (non-hydrogen) atoms. The van der Waals surface area contributed by atoms with Gasteiger partial charge in [0.25, 0.3) is 0 Å². The van der Waals surface area contributed by atoms with Crippen LogP contribution in [0.3, 0.4) is 0 Å². The average Bonchev–Trinajstić information content (AvgIpc) is 2.59. The van der Waals surface area contributed by atoms with Crippen LogP contribution in [0.4, 0.5) is 0 Å². The molecule has 0 aliphatic rings. The van der Waals surface area contributed by atoms with Crippen LogP contribution in [0.2, 0.25) is 5.02 Å². The number of aliphatic hydroxyl groups excluding tert-OH is 1. The number of halogens is 1. The number of aliphatic carboxylic acids is 1. The first-order valence-electron chi connectivity index (χ1n) is 8.04. The number of rotatable bonds is 9. The zero-order valence-electron chi connectivity index (χ0n) is 14.0. The highest BCUT2D eigenvalue weighted by Gasteiger charge is 2.10. The summed E-state index contributed by atoms with van der Waals surface area (Å²) in [5.74, 6) is -0.469. The third-order valence-electron chi connectivity index (χ3n) is 3.72. The average molecular weight is 364 g/mol. The Morgan fingerprint density at radius 2 is 1.96 bits per heavy atom. The summed E-state index contributed by atoms with van der Waals surface area (Å²) in [6.45, 7) is 2.12. The number of hydrogen-bond acceptors (Lipinski definition) is 4. The van der Waals surface area contributed by atoms with Gasteiger partial charge in [-0.3, -0.25) is 0 Å². The summed E-state index contributed by atoms with van der Waals surface area (Å²) in [6.07, 6.45) is 0.162. The molecule has 6 heteroatoms. The van der Waals surface area contributed by atoms with Crippen molar-refractivity contribution in [3.05, 3.63) is 64.7 Å². The summed E-state index contributed by atoms with van der Waals surface area (Å²) < 4.78 is 5.11. The monoisotopic (exact) mass is 363 g/mol. The Hall–Kier alpha value is -2.08. The summed E-state index contributed by atoms with van der Waals surface area (Å²) in [6, 6.07) is 14.7. The predicted molar refractivity (Wildman–Crippen MR) is 97.2 cm³/mol.